The number of hydrogen-bond acceptors (Lipinski definition) is 4. The standard InChI is InChI=1S/C14H24BrN3O2S/c1-4-11-14(15)13(18(3)17-11)8-12(16-5-2)10-6-7-21(19,20)9-10/h10,12,16H,4-9H2,1-3H3. The predicted molar refractivity (Wildman–Crippen MR) is 88.2 cm³/mol. The van der Waals surface area contributed by atoms with E-state index in [2.05, 4.69) is 40.2 Å². The van der Waals surface area contributed by atoms with Gasteiger partial charge in [0, 0.05) is 19.5 Å². The van der Waals surface area contributed by atoms with Gasteiger partial charge >= 0.3 is 0 Å². The van der Waals surface area contributed by atoms with Gasteiger partial charge in [-0.3, -0.25) is 4.68 Å². The fourth-order valence-electron chi connectivity index (χ4n) is 3.06. The molecule has 1 aliphatic heterocycles. The second-order valence-electron chi connectivity index (χ2n) is 5.72. The molecule has 1 N–H and O–H groups in total. The number of aromatic nitrogens is 2. The summed E-state index contributed by atoms with van der Waals surface area (Å²) in [5.74, 6) is 0.828. The molecule has 21 heavy (non-hydrogen) atoms. The van der Waals surface area contributed by atoms with Crippen LogP contribution in [0, 0.1) is 5.92 Å². The third-order valence-corrected chi connectivity index (χ3v) is 6.93. The predicted octanol–water partition coefficient (Wildman–Crippen LogP) is 1.70. The minimum atomic E-state index is -2.84. The van der Waals surface area contributed by atoms with Gasteiger partial charge in [-0.1, -0.05) is 13.8 Å². The van der Waals surface area contributed by atoms with Crippen LogP contribution in [-0.2, 0) is 29.7 Å². The van der Waals surface area contributed by atoms with Gasteiger partial charge in [-0.2, -0.15) is 5.10 Å². The van der Waals surface area contributed by atoms with E-state index in [1.165, 1.54) is 0 Å². The second-order valence-corrected chi connectivity index (χ2v) is 8.74. The van der Waals surface area contributed by atoms with E-state index in [1.807, 2.05) is 11.7 Å². The molecule has 0 spiro atoms. The molecular formula is C14H24BrN3O2S. The summed E-state index contributed by atoms with van der Waals surface area (Å²) >= 11 is 3.64. The molecule has 2 heterocycles. The second kappa shape index (κ2) is 6.79. The summed E-state index contributed by atoms with van der Waals surface area (Å²) in [7, 11) is -0.893. The maximum atomic E-state index is 11.7. The lowest BCUT2D eigenvalue weighted by atomic mass is 9.95. The largest absolute Gasteiger partial charge is 0.314 e. The SMILES string of the molecule is CCNC(Cc1c(Br)c(CC)nn1C)C1CCS(=O)(=O)C1. The topological polar surface area (TPSA) is 64.0 Å². The van der Waals surface area contributed by atoms with Gasteiger partial charge in [0.25, 0.3) is 0 Å². The third-order valence-electron chi connectivity index (χ3n) is 4.22. The van der Waals surface area contributed by atoms with Crippen molar-refractivity contribution in [1.29, 1.82) is 0 Å². The quantitative estimate of drug-likeness (QED) is 0.819. The van der Waals surface area contributed by atoms with E-state index in [1.54, 1.807) is 0 Å². The maximum Gasteiger partial charge on any atom is 0.150 e. The Morgan fingerprint density at radius 1 is 1.48 bits per heavy atom. The van der Waals surface area contributed by atoms with Gasteiger partial charge < -0.3 is 5.32 Å². The molecule has 0 amide bonds. The Labute approximate surface area is 135 Å². The van der Waals surface area contributed by atoms with Crippen LogP contribution in [0.15, 0.2) is 4.47 Å². The third kappa shape index (κ3) is 3.87. The van der Waals surface area contributed by atoms with Crippen LogP contribution in [0.25, 0.3) is 0 Å². The Kier molecular flexibility index (Phi) is 5.48. The van der Waals surface area contributed by atoms with E-state index < -0.39 is 9.84 Å². The molecule has 2 rings (SSSR count). The molecule has 0 aliphatic carbocycles. The fourth-order valence-corrected chi connectivity index (χ4v) is 5.72. The summed E-state index contributed by atoms with van der Waals surface area (Å²) in [4.78, 5) is 0. The van der Waals surface area contributed by atoms with Gasteiger partial charge in [0.1, 0.15) is 0 Å². The van der Waals surface area contributed by atoms with Gasteiger partial charge in [-0.25, -0.2) is 8.42 Å². The van der Waals surface area contributed by atoms with E-state index >= 15 is 0 Å². The van der Waals surface area contributed by atoms with Crippen LogP contribution in [0.1, 0.15) is 31.7 Å². The van der Waals surface area contributed by atoms with Crippen molar-refractivity contribution in [3.63, 3.8) is 0 Å². The van der Waals surface area contributed by atoms with Gasteiger partial charge in [0.15, 0.2) is 9.84 Å². The van der Waals surface area contributed by atoms with E-state index in [0.29, 0.717) is 11.5 Å². The molecule has 1 aromatic heterocycles. The van der Waals surface area contributed by atoms with Crippen LogP contribution in [0.4, 0.5) is 0 Å². The van der Waals surface area contributed by atoms with E-state index in [9.17, 15) is 8.42 Å². The molecule has 5 nitrogen and oxygen atoms in total. The van der Waals surface area contributed by atoms with Crippen LogP contribution < -0.4 is 5.32 Å². The van der Waals surface area contributed by atoms with Crippen LogP contribution in [0.2, 0.25) is 0 Å². The molecule has 1 fully saturated rings. The van der Waals surface area contributed by atoms with Gasteiger partial charge in [0.05, 0.1) is 27.4 Å². The molecule has 1 saturated heterocycles. The number of halogens is 1. The van der Waals surface area contributed by atoms with Crippen molar-refractivity contribution in [1.82, 2.24) is 15.1 Å². The van der Waals surface area contributed by atoms with E-state index in [4.69, 9.17) is 0 Å². The van der Waals surface area contributed by atoms with Crippen LogP contribution in [-0.4, -0.2) is 42.3 Å². The first-order valence-corrected chi connectivity index (χ1v) is 10.1. The maximum absolute atomic E-state index is 11.7. The number of likely N-dealkylation sites (N-methyl/N-ethyl adjacent to an activating group) is 1. The van der Waals surface area contributed by atoms with Crippen molar-refractivity contribution in [2.75, 3.05) is 18.1 Å². The first kappa shape index (κ1) is 17.0. The zero-order valence-corrected chi connectivity index (χ0v) is 15.3. The lowest BCUT2D eigenvalue weighted by molar-refractivity contribution is 0.379. The smallest absolute Gasteiger partial charge is 0.150 e. The van der Waals surface area contributed by atoms with Crippen molar-refractivity contribution in [3.8, 4) is 0 Å². The molecule has 0 saturated carbocycles. The van der Waals surface area contributed by atoms with Crippen LogP contribution in [0.5, 0.6) is 0 Å². The molecule has 2 unspecified atom stereocenters. The summed E-state index contributed by atoms with van der Waals surface area (Å²) < 4.78 is 26.4. The average Bonchev–Trinajstić information content (AvgIpc) is 2.91. The molecule has 1 aliphatic rings. The lowest BCUT2D eigenvalue weighted by Crippen LogP contribution is -2.39. The number of hydrogen-bond donors (Lipinski definition) is 1. The first-order valence-electron chi connectivity index (χ1n) is 7.52. The van der Waals surface area contributed by atoms with Gasteiger partial charge in [-0.15, -0.1) is 0 Å². The fraction of sp³-hybridized carbons (Fsp3) is 0.786. The molecule has 0 aromatic carbocycles. The zero-order chi connectivity index (χ0) is 15.6. The number of sulfone groups is 1. The minimum absolute atomic E-state index is 0.184. The normalized spacial score (nSPS) is 22.6. The highest BCUT2D eigenvalue weighted by atomic mass is 79.9. The summed E-state index contributed by atoms with van der Waals surface area (Å²) in [5, 5.41) is 7.99. The van der Waals surface area contributed by atoms with Crippen molar-refractivity contribution < 1.29 is 8.42 Å². The summed E-state index contributed by atoms with van der Waals surface area (Å²) in [6.07, 6.45) is 2.45. The molecule has 2 atom stereocenters. The summed E-state index contributed by atoms with van der Waals surface area (Å²) in [6.45, 7) is 4.99. The highest BCUT2D eigenvalue weighted by Gasteiger charge is 2.34. The summed E-state index contributed by atoms with van der Waals surface area (Å²) in [6, 6.07) is 0.184. The minimum Gasteiger partial charge on any atom is -0.314 e. The van der Waals surface area contributed by atoms with Gasteiger partial charge in [0.2, 0.25) is 0 Å². The van der Waals surface area contributed by atoms with Crippen LogP contribution >= 0.6 is 15.9 Å². The molecule has 120 valence electrons. The Morgan fingerprint density at radius 2 is 2.19 bits per heavy atom. The Balaban J connectivity index is 2.19. The molecular weight excluding hydrogens is 354 g/mol. The molecule has 1 aromatic rings. The lowest BCUT2D eigenvalue weighted by Gasteiger charge is -2.23. The van der Waals surface area contributed by atoms with Crippen molar-refractivity contribution >= 4 is 25.8 Å². The molecule has 0 radical (unpaired) electrons. The number of rotatable bonds is 6. The van der Waals surface area contributed by atoms with E-state index in [0.717, 1.165) is 41.7 Å². The number of nitrogens with one attached hydrogen (secondary N) is 1. The van der Waals surface area contributed by atoms with Gasteiger partial charge in [-0.05, 0) is 41.2 Å². The Morgan fingerprint density at radius 3 is 2.67 bits per heavy atom. The van der Waals surface area contributed by atoms with Crippen molar-refractivity contribution in [3.05, 3.63) is 15.9 Å². The zero-order valence-electron chi connectivity index (χ0n) is 12.9. The first-order chi connectivity index (χ1) is 9.88. The average molecular weight is 378 g/mol. The molecule has 7 heteroatoms. The monoisotopic (exact) mass is 377 g/mol. The highest BCUT2D eigenvalue weighted by Crippen LogP contribution is 2.28. The highest BCUT2D eigenvalue weighted by molar-refractivity contribution is 9.10. The number of nitrogens with zero attached hydrogens (tertiary/aromatic N) is 2. The molecule has 0 bridgehead atoms. The number of aryl methyl sites for hydroxylation is 2. The van der Waals surface area contributed by atoms with E-state index in [-0.39, 0.29) is 12.0 Å². The Hall–Kier alpha value is -0.400. The van der Waals surface area contributed by atoms with Crippen molar-refractivity contribution in [2.45, 2.75) is 39.2 Å². The Bertz CT molecular complexity index is 598. The van der Waals surface area contributed by atoms with Crippen molar-refractivity contribution in [2.24, 2.45) is 13.0 Å². The summed E-state index contributed by atoms with van der Waals surface area (Å²) in [5.41, 5.74) is 2.20. The van der Waals surface area contributed by atoms with Crippen LogP contribution in [0.3, 0.4) is 0 Å².